The van der Waals surface area contributed by atoms with Crippen molar-refractivity contribution < 1.29 is 9.84 Å². The Balaban J connectivity index is 3.12. The number of methoxy groups -OCH3 is 1. The zero-order valence-electron chi connectivity index (χ0n) is 6.91. The molecule has 66 valence electrons. The van der Waals surface area contributed by atoms with Crippen LogP contribution < -0.4 is 4.74 Å². The Morgan fingerprint density at radius 1 is 1.58 bits per heavy atom. The van der Waals surface area contributed by atoms with E-state index >= 15 is 0 Å². The van der Waals surface area contributed by atoms with Crippen molar-refractivity contribution in [1.82, 2.24) is 4.98 Å². The molecule has 0 saturated heterocycles. The van der Waals surface area contributed by atoms with Gasteiger partial charge < -0.3 is 9.84 Å². The van der Waals surface area contributed by atoms with Crippen molar-refractivity contribution in [2.75, 3.05) is 7.11 Å². The molecule has 4 heteroatoms. The molecule has 1 unspecified atom stereocenters. The number of rotatable bonds is 2. The Labute approximate surface area is 79.5 Å². The van der Waals surface area contributed by atoms with Crippen LogP contribution >= 0.6 is 15.9 Å². The Hall–Kier alpha value is -0.610. The first-order valence-electron chi connectivity index (χ1n) is 3.53. The van der Waals surface area contributed by atoms with Crippen LogP contribution in [-0.2, 0) is 0 Å². The predicted molar refractivity (Wildman–Crippen MR) is 49.1 cm³/mol. The Morgan fingerprint density at radius 2 is 2.25 bits per heavy atom. The highest BCUT2D eigenvalue weighted by molar-refractivity contribution is 9.10. The zero-order chi connectivity index (χ0) is 9.14. The van der Waals surface area contributed by atoms with E-state index in [4.69, 9.17) is 4.74 Å². The highest BCUT2D eigenvalue weighted by Gasteiger charge is 2.10. The fourth-order valence-corrected chi connectivity index (χ4v) is 1.23. The van der Waals surface area contributed by atoms with Gasteiger partial charge in [-0.05, 0) is 35.0 Å². The van der Waals surface area contributed by atoms with E-state index in [9.17, 15) is 5.11 Å². The van der Waals surface area contributed by atoms with Crippen LogP contribution in [-0.4, -0.2) is 17.2 Å². The average Bonchev–Trinajstić information content (AvgIpc) is 2.04. The number of nitrogens with zero attached hydrogens (tertiary/aromatic N) is 1. The quantitative estimate of drug-likeness (QED) is 0.792. The number of aromatic nitrogens is 1. The summed E-state index contributed by atoms with van der Waals surface area (Å²) in [6, 6.07) is 3.53. The lowest BCUT2D eigenvalue weighted by molar-refractivity contribution is 0.188. The maximum absolute atomic E-state index is 9.30. The van der Waals surface area contributed by atoms with Gasteiger partial charge in [0.25, 0.3) is 0 Å². The fourth-order valence-electron chi connectivity index (χ4n) is 0.909. The van der Waals surface area contributed by atoms with Crippen molar-refractivity contribution in [2.24, 2.45) is 0 Å². The van der Waals surface area contributed by atoms with Crippen molar-refractivity contribution in [3.63, 3.8) is 0 Å². The molecule has 3 nitrogen and oxygen atoms in total. The second-order valence-corrected chi connectivity index (χ2v) is 3.21. The molecule has 0 aliphatic carbocycles. The molecule has 0 bridgehead atoms. The summed E-state index contributed by atoms with van der Waals surface area (Å²) in [5.74, 6) is 0.605. The summed E-state index contributed by atoms with van der Waals surface area (Å²) < 4.78 is 5.71. The van der Waals surface area contributed by atoms with Crippen LogP contribution in [0, 0.1) is 0 Å². The van der Waals surface area contributed by atoms with Gasteiger partial charge in [0.15, 0.2) is 0 Å². The summed E-state index contributed by atoms with van der Waals surface area (Å²) >= 11 is 3.22. The van der Waals surface area contributed by atoms with Gasteiger partial charge in [0.2, 0.25) is 0 Å². The smallest absolute Gasteiger partial charge is 0.143 e. The van der Waals surface area contributed by atoms with Crippen LogP contribution in [0.25, 0.3) is 0 Å². The SMILES string of the molecule is COc1ccc(Br)nc1C(C)O. The molecule has 0 saturated carbocycles. The van der Waals surface area contributed by atoms with Gasteiger partial charge in [0.1, 0.15) is 16.0 Å². The summed E-state index contributed by atoms with van der Waals surface area (Å²) in [5.41, 5.74) is 0.548. The lowest BCUT2D eigenvalue weighted by Gasteiger charge is -2.09. The van der Waals surface area contributed by atoms with E-state index in [-0.39, 0.29) is 0 Å². The number of ether oxygens (including phenoxy) is 1. The molecule has 0 aromatic carbocycles. The summed E-state index contributed by atoms with van der Waals surface area (Å²) in [7, 11) is 1.55. The third-order valence-electron chi connectivity index (χ3n) is 1.47. The number of aliphatic hydroxyl groups excluding tert-OH is 1. The van der Waals surface area contributed by atoms with Gasteiger partial charge in [-0.1, -0.05) is 0 Å². The second-order valence-electron chi connectivity index (χ2n) is 2.40. The van der Waals surface area contributed by atoms with E-state index < -0.39 is 6.10 Å². The van der Waals surface area contributed by atoms with Crippen LogP contribution in [0.4, 0.5) is 0 Å². The van der Waals surface area contributed by atoms with E-state index in [2.05, 4.69) is 20.9 Å². The summed E-state index contributed by atoms with van der Waals surface area (Å²) in [6.07, 6.45) is -0.613. The minimum Gasteiger partial charge on any atom is -0.495 e. The molecular weight excluding hydrogens is 222 g/mol. The third kappa shape index (κ3) is 1.95. The molecule has 0 aliphatic heterocycles. The van der Waals surface area contributed by atoms with Crippen molar-refractivity contribution in [3.8, 4) is 5.75 Å². The lowest BCUT2D eigenvalue weighted by atomic mass is 10.2. The van der Waals surface area contributed by atoms with Gasteiger partial charge in [-0.15, -0.1) is 0 Å². The summed E-state index contributed by atoms with van der Waals surface area (Å²) in [6.45, 7) is 1.65. The molecule has 1 N–H and O–H groups in total. The molecule has 0 aliphatic rings. The number of halogens is 1. The molecule has 0 fully saturated rings. The standard InChI is InChI=1S/C8H10BrNO2/c1-5(11)8-6(12-2)3-4-7(9)10-8/h3-5,11H,1-2H3. The summed E-state index contributed by atoms with van der Waals surface area (Å²) in [5, 5.41) is 9.30. The number of pyridine rings is 1. The van der Waals surface area contributed by atoms with Crippen molar-refractivity contribution >= 4 is 15.9 Å². The normalized spacial score (nSPS) is 12.7. The molecule has 0 amide bonds. The van der Waals surface area contributed by atoms with E-state index in [0.29, 0.717) is 16.0 Å². The first kappa shape index (κ1) is 9.48. The Morgan fingerprint density at radius 3 is 2.75 bits per heavy atom. The van der Waals surface area contributed by atoms with Gasteiger partial charge in [-0.3, -0.25) is 0 Å². The van der Waals surface area contributed by atoms with Crippen molar-refractivity contribution in [1.29, 1.82) is 0 Å². The molecular formula is C8H10BrNO2. The minimum absolute atomic E-state index is 0.548. The molecule has 12 heavy (non-hydrogen) atoms. The van der Waals surface area contributed by atoms with Gasteiger partial charge in [0.05, 0.1) is 13.2 Å². The van der Waals surface area contributed by atoms with E-state index in [1.54, 1.807) is 26.2 Å². The van der Waals surface area contributed by atoms with Crippen LogP contribution in [0.2, 0.25) is 0 Å². The molecule has 0 spiro atoms. The maximum Gasteiger partial charge on any atom is 0.143 e. The largest absolute Gasteiger partial charge is 0.495 e. The van der Waals surface area contributed by atoms with Crippen LogP contribution in [0.15, 0.2) is 16.7 Å². The van der Waals surface area contributed by atoms with Crippen LogP contribution in [0.1, 0.15) is 18.7 Å². The van der Waals surface area contributed by atoms with E-state index in [1.165, 1.54) is 0 Å². The minimum atomic E-state index is -0.613. The molecule has 1 rings (SSSR count). The Kier molecular flexibility index (Phi) is 3.05. The lowest BCUT2D eigenvalue weighted by Crippen LogP contribution is -1.99. The van der Waals surface area contributed by atoms with Gasteiger partial charge in [-0.2, -0.15) is 0 Å². The van der Waals surface area contributed by atoms with E-state index in [1.807, 2.05) is 0 Å². The number of hydrogen-bond acceptors (Lipinski definition) is 3. The first-order valence-corrected chi connectivity index (χ1v) is 4.33. The Bertz CT molecular complexity index is 276. The summed E-state index contributed by atoms with van der Waals surface area (Å²) in [4.78, 5) is 4.09. The van der Waals surface area contributed by atoms with Crippen molar-refractivity contribution in [2.45, 2.75) is 13.0 Å². The number of aliphatic hydroxyl groups is 1. The molecule has 1 heterocycles. The highest BCUT2D eigenvalue weighted by Crippen LogP contribution is 2.24. The molecule has 1 atom stereocenters. The van der Waals surface area contributed by atoms with Gasteiger partial charge in [0, 0.05) is 0 Å². The maximum atomic E-state index is 9.30. The average molecular weight is 232 g/mol. The van der Waals surface area contributed by atoms with Gasteiger partial charge in [-0.25, -0.2) is 4.98 Å². The van der Waals surface area contributed by atoms with E-state index in [0.717, 1.165) is 0 Å². The molecule has 1 aromatic heterocycles. The fraction of sp³-hybridized carbons (Fsp3) is 0.375. The second kappa shape index (κ2) is 3.87. The van der Waals surface area contributed by atoms with Crippen LogP contribution in [0.5, 0.6) is 5.75 Å². The molecule has 0 radical (unpaired) electrons. The monoisotopic (exact) mass is 231 g/mol. The predicted octanol–water partition coefficient (Wildman–Crippen LogP) is 1.91. The van der Waals surface area contributed by atoms with Crippen LogP contribution in [0.3, 0.4) is 0 Å². The third-order valence-corrected chi connectivity index (χ3v) is 1.91. The van der Waals surface area contributed by atoms with Crippen molar-refractivity contribution in [3.05, 3.63) is 22.4 Å². The zero-order valence-corrected chi connectivity index (χ0v) is 8.50. The topological polar surface area (TPSA) is 42.4 Å². The number of hydrogen-bond donors (Lipinski definition) is 1. The highest BCUT2D eigenvalue weighted by atomic mass is 79.9. The van der Waals surface area contributed by atoms with Gasteiger partial charge >= 0.3 is 0 Å². The molecule has 1 aromatic rings. The first-order chi connectivity index (χ1) is 5.65.